The largest absolute Gasteiger partial charge is 0.489 e. The van der Waals surface area contributed by atoms with E-state index in [0.717, 1.165) is 42.6 Å². The van der Waals surface area contributed by atoms with Gasteiger partial charge < -0.3 is 14.8 Å². The van der Waals surface area contributed by atoms with E-state index >= 15 is 0 Å². The van der Waals surface area contributed by atoms with Gasteiger partial charge in [0.1, 0.15) is 18.4 Å². The SMILES string of the molecule is COC(=O)[C@H](Cc1ccc(OCc2ccccc2)cc1)NC(=O)C1CCCCC1. The Kier molecular flexibility index (Phi) is 7.68. The molecular weight excluding hydrogens is 366 g/mol. The van der Waals surface area contributed by atoms with Gasteiger partial charge >= 0.3 is 5.97 Å². The van der Waals surface area contributed by atoms with E-state index in [1.165, 1.54) is 13.5 Å². The minimum absolute atomic E-state index is 0.00432. The molecule has 2 aromatic rings. The van der Waals surface area contributed by atoms with Crippen LogP contribution in [0.3, 0.4) is 0 Å². The fraction of sp³-hybridized carbons (Fsp3) is 0.417. The molecule has 3 rings (SSSR count). The number of ether oxygens (including phenoxy) is 2. The quantitative estimate of drug-likeness (QED) is 0.685. The molecule has 1 aliphatic carbocycles. The van der Waals surface area contributed by atoms with E-state index < -0.39 is 12.0 Å². The van der Waals surface area contributed by atoms with Crippen LogP contribution in [0.2, 0.25) is 0 Å². The number of hydrogen-bond acceptors (Lipinski definition) is 4. The second kappa shape index (κ2) is 10.6. The standard InChI is InChI=1S/C24H29NO4/c1-28-24(27)22(25-23(26)20-10-6-3-7-11-20)16-18-12-14-21(15-13-18)29-17-19-8-4-2-5-9-19/h2,4-5,8-9,12-15,20,22H,3,6-7,10-11,16-17H2,1H3,(H,25,26)/t22-/m0/s1. The van der Waals surface area contributed by atoms with Gasteiger partial charge in [-0.2, -0.15) is 0 Å². The highest BCUT2D eigenvalue weighted by Crippen LogP contribution is 2.24. The maximum Gasteiger partial charge on any atom is 0.328 e. The average molecular weight is 395 g/mol. The molecule has 0 aliphatic heterocycles. The number of carbonyl (C=O) groups excluding carboxylic acids is 2. The number of nitrogens with one attached hydrogen (secondary N) is 1. The number of esters is 1. The normalized spacial score (nSPS) is 15.3. The molecule has 5 nitrogen and oxygen atoms in total. The minimum atomic E-state index is -0.675. The van der Waals surface area contributed by atoms with Crippen LogP contribution >= 0.6 is 0 Å². The summed E-state index contributed by atoms with van der Waals surface area (Å²) in [5.74, 6) is 0.310. The zero-order valence-electron chi connectivity index (χ0n) is 16.9. The zero-order chi connectivity index (χ0) is 20.5. The van der Waals surface area contributed by atoms with Crippen molar-refractivity contribution in [2.45, 2.75) is 51.2 Å². The van der Waals surface area contributed by atoms with Gasteiger partial charge in [0.05, 0.1) is 7.11 Å². The summed E-state index contributed by atoms with van der Waals surface area (Å²) in [5, 5.41) is 2.90. The number of amides is 1. The second-order valence-corrected chi connectivity index (χ2v) is 7.54. The zero-order valence-corrected chi connectivity index (χ0v) is 16.9. The monoisotopic (exact) mass is 395 g/mol. The highest BCUT2D eigenvalue weighted by Gasteiger charge is 2.27. The Morgan fingerprint density at radius 3 is 2.31 bits per heavy atom. The van der Waals surface area contributed by atoms with Crippen molar-refractivity contribution >= 4 is 11.9 Å². The molecule has 1 aliphatic rings. The number of methoxy groups -OCH3 is 1. The van der Waals surface area contributed by atoms with Crippen molar-refractivity contribution in [2.75, 3.05) is 7.11 Å². The summed E-state index contributed by atoms with van der Waals surface area (Å²) in [6.45, 7) is 0.502. The molecule has 1 atom stereocenters. The van der Waals surface area contributed by atoms with E-state index in [2.05, 4.69) is 5.32 Å². The Morgan fingerprint density at radius 1 is 0.966 bits per heavy atom. The van der Waals surface area contributed by atoms with Gasteiger partial charge in [-0.3, -0.25) is 4.79 Å². The van der Waals surface area contributed by atoms with E-state index in [4.69, 9.17) is 9.47 Å². The smallest absolute Gasteiger partial charge is 0.328 e. The lowest BCUT2D eigenvalue weighted by Crippen LogP contribution is -2.45. The van der Waals surface area contributed by atoms with Crippen LogP contribution in [0, 0.1) is 5.92 Å². The summed E-state index contributed by atoms with van der Waals surface area (Å²) in [6, 6.07) is 16.9. The third-order valence-electron chi connectivity index (χ3n) is 5.39. The number of carbonyl (C=O) groups is 2. The summed E-state index contributed by atoms with van der Waals surface area (Å²) < 4.78 is 10.7. The summed E-state index contributed by atoms with van der Waals surface area (Å²) in [6.07, 6.45) is 5.52. The Morgan fingerprint density at radius 2 is 1.66 bits per heavy atom. The number of benzene rings is 2. The van der Waals surface area contributed by atoms with Crippen LogP contribution in [-0.4, -0.2) is 25.0 Å². The third kappa shape index (κ3) is 6.34. The minimum Gasteiger partial charge on any atom is -0.489 e. The fourth-order valence-electron chi connectivity index (χ4n) is 3.69. The van der Waals surface area contributed by atoms with Gasteiger partial charge in [-0.25, -0.2) is 4.79 Å². The van der Waals surface area contributed by atoms with Gasteiger partial charge in [0.2, 0.25) is 5.91 Å². The molecule has 0 heterocycles. The van der Waals surface area contributed by atoms with Crippen molar-refractivity contribution in [1.82, 2.24) is 5.32 Å². The van der Waals surface area contributed by atoms with Crippen LogP contribution in [-0.2, 0) is 27.4 Å². The van der Waals surface area contributed by atoms with Crippen molar-refractivity contribution in [3.63, 3.8) is 0 Å². The van der Waals surface area contributed by atoms with Crippen molar-refractivity contribution in [2.24, 2.45) is 5.92 Å². The molecule has 5 heteroatoms. The molecule has 2 aromatic carbocycles. The first-order valence-electron chi connectivity index (χ1n) is 10.3. The summed E-state index contributed by atoms with van der Waals surface area (Å²) in [5.41, 5.74) is 2.05. The Bertz CT molecular complexity index is 782. The summed E-state index contributed by atoms with van der Waals surface area (Å²) in [4.78, 5) is 24.8. The van der Waals surface area contributed by atoms with Crippen LogP contribution < -0.4 is 10.1 Å². The molecule has 29 heavy (non-hydrogen) atoms. The molecule has 1 N–H and O–H groups in total. The second-order valence-electron chi connectivity index (χ2n) is 7.54. The molecule has 1 amide bonds. The molecule has 0 radical (unpaired) electrons. The maximum atomic E-state index is 12.6. The van der Waals surface area contributed by atoms with Gasteiger partial charge in [0.25, 0.3) is 0 Å². The molecule has 1 fully saturated rings. The lowest BCUT2D eigenvalue weighted by molar-refractivity contribution is -0.145. The highest BCUT2D eigenvalue weighted by molar-refractivity contribution is 5.86. The van der Waals surface area contributed by atoms with Crippen LogP contribution in [0.4, 0.5) is 0 Å². The van der Waals surface area contributed by atoms with Crippen molar-refractivity contribution in [1.29, 1.82) is 0 Å². The Labute approximate surface area is 172 Å². The van der Waals surface area contributed by atoms with Crippen molar-refractivity contribution < 1.29 is 19.1 Å². The van der Waals surface area contributed by atoms with Crippen LogP contribution in [0.25, 0.3) is 0 Å². The van der Waals surface area contributed by atoms with Crippen LogP contribution in [0.1, 0.15) is 43.2 Å². The Hall–Kier alpha value is -2.82. The maximum absolute atomic E-state index is 12.6. The first kappa shape index (κ1) is 20.9. The van der Waals surface area contributed by atoms with E-state index in [1.54, 1.807) is 0 Å². The first-order chi connectivity index (χ1) is 14.2. The van der Waals surface area contributed by atoms with E-state index in [0.29, 0.717) is 13.0 Å². The first-order valence-corrected chi connectivity index (χ1v) is 10.3. The van der Waals surface area contributed by atoms with Gasteiger partial charge in [-0.1, -0.05) is 61.7 Å². The molecule has 0 spiro atoms. The molecule has 154 valence electrons. The van der Waals surface area contributed by atoms with Crippen molar-refractivity contribution in [3.05, 3.63) is 65.7 Å². The van der Waals surface area contributed by atoms with Crippen molar-refractivity contribution in [3.8, 4) is 5.75 Å². The van der Waals surface area contributed by atoms with Crippen LogP contribution in [0.15, 0.2) is 54.6 Å². The molecule has 0 unspecified atom stereocenters. The average Bonchev–Trinajstić information content (AvgIpc) is 2.78. The van der Waals surface area contributed by atoms with Gasteiger partial charge in [0, 0.05) is 12.3 Å². The summed E-state index contributed by atoms with van der Waals surface area (Å²) >= 11 is 0. The number of rotatable bonds is 8. The van der Waals surface area contributed by atoms with Crippen LogP contribution in [0.5, 0.6) is 5.75 Å². The van der Waals surface area contributed by atoms with Gasteiger partial charge in [-0.15, -0.1) is 0 Å². The lowest BCUT2D eigenvalue weighted by Gasteiger charge is -2.24. The number of hydrogen-bond donors (Lipinski definition) is 1. The topological polar surface area (TPSA) is 64.6 Å². The predicted octanol–water partition coefficient (Wildman–Crippen LogP) is 4.05. The lowest BCUT2D eigenvalue weighted by atomic mass is 9.88. The van der Waals surface area contributed by atoms with Gasteiger partial charge in [0.15, 0.2) is 0 Å². The highest BCUT2D eigenvalue weighted by atomic mass is 16.5. The third-order valence-corrected chi connectivity index (χ3v) is 5.39. The van der Waals surface area contributed by atoms with E-state index in [9.17, 15) is 9.59 Å². The summed E-state index contributed by atoms with van der Waals surface area (Å²) in [7, 11) is 1.35. The Balaban J connectivity index is 1.57. The molecule has 0 saturated heterocycles. The molecule has 0 aromatic heterocycles. The fourth-order valence-corrected chi connectivity index (χ4v) is 3.69. The van der Waals surface area contributed by atoms with Gasteiger partial charge in [-0.05, 0) is 36.1 Å². The molecule has 1 saturated carbocycles. The van der Waals surface area contributed by atoms with E-state index in [1.807, 2.05) is 54.6 Å². The molecule has 0 bridgehead atoms. The van der Waals surface area contributed by atoms with E-state index in [-0.39, 0.29) is 11.8 Å². The molecular formula is C24H29NO4. The predicted molar refractivity (Wildman–Crippen MR) is 111 cm³/mol.